The average molecular weight is 330 g/mol. The van der Waals surface area contributed by atoms with Crippen LogP contribution in [0.25, 0.3) is 0 Å². The molecule has 0 atom stereocenters. The van der Waals surface area contributed by atoms with Gasteiger partial charge in [0.2, 0.25) is 8.87 Å². The van der Waals surface area contributed by atoms with Crippen LogP contribution < -0.4 is 0 Å². The molecule has 0 aliphatic rings. The zero-order chi connectivity index (χ0) is 8.20. The zero-order valence-corrected chi connectivity index (χ0v) is 10.5. The van der Waals surface area contributed by atoms with Crippen molar-refractivity contribution in [2.45, 2.75) is 6.42 Å². The van der Waals surface area contributed by atoms with E-state index < -0.39 is 15.9 Å². The molecule has 0 aliphatic heterocycles. The van der Waals surface area contributed by atoms with E-state index in [2.05, 4.69) is 45.0 Å². The van der Waals surface area contributed by atoms with E-state index in [1.54, 1.807) is 0 Å². The highest BCUT2D eigenvalue weighted by Crippen LogP contribution is 1.97. The summed E-state index contributed by atoms with van der Waals surface area (Å²) in [7, 11) is -4.69. The van der Waals surface area contributed by atoms with E-state index in [4.69, 9.17) is 0 Å². The molecule has 10 heavy (non-hydrogen) atoms. The number of halogens is 1. The molecular weight excluding hydrogens is 323 g/mol. The molecule has 62 valence electrons. The number of hydrogen-bond donors (Lipinski definition) is 1. The molecule has 2 nitrogen and oxygen atoms in total. The van der Waals surface area contributed by atoms with Gasteiger partial charge in [-0.1, -0.05) is 22.6 Å². The van der Waals surface area contributed by atoms with Gasteiger partial charge < -0.3 is 0 Å². The van der Waals surface area contributed by atoms with Crippen LogP contribution in [0.15, 0.2) is 0 Å². The largest absolute Gasteiger partial charge is 0.217 e. The van der Waals surface area contributed by atoms with Crippen LogP contribution in [-0.2, 0) is 38.3 Å². The van der Waals surface area contributed by atoms with Gasteiger partial charge >= 0.3 is 0 Å². The molecule has 0 rings (SSSR count). The van der Waals surface area contributed by atoms with Crippen molar-refractivity contribution in [1.29, 1.82) is 0 Å². The molecule has 0 unspecified atom stereocenters. The Morgan fingerprint density at radius 1 is 1.40 bits per heavy atom. The molecule has 0 fully saturated rings. The highest BCUT2D eigenvalue weighted by Gasteiger charge is 2.06. The molecule has 0 aliphatic carbocycles. The molecule has 0 saturated carbocycles. The third-order valence-electron chi connectivity index (χ3n) is 0.763. The number of thiol groups is 1. The van der Waals surface area contributed by atoms with E-state index in [1.807, 2.05) is 0 Å². The molecule has 0 radical (unpaired) electrons. The summed E-state index contributed by atoms with van der Waals surface area (Å²) in [5.41, 5.74) is 0. The molecule has 0 saturated heterocycles. The third-order valence-corrected chi connectivity index (χ3v) is 8.78. The molecule has 0 spiro atoms. The smallest absolute Gasteiger partial charge is 0.205 e. The van der Waals surface area contributed by atoms with Crippen LogP contribution >= 0.6 is 22.6 Å². The van der Waals surface area contributed by atoms with E-state index >= 15 is 0 Å². The van der Waals surface area contributed by atoms with Gasteiger partial charge in [-0.05, 0) is 28.8 Å². The van der Waals surface area contributed by atoms with Crippen molar-refractivity contribution in [2.75, 3.05) is 10.2 Å². The Balaban J connectivity index is 4.17. The van der Waals surface area contributed by atoms with Crippen LogP contribution in [-0.4, -0.2) is 18.6 Å². The molecule has 0 aromatic carbocycles. The van der Waals surface area contributed by atoms with E-state index in [0.717, 1.165) is 4.43 Å². The highest BCUT2D eigenvalue weighted by molar-refractivity contribution is 14.1. The highest BCUT2D eigenvalue weighted by atomic mass is 127. The van der Waals surface area contributed by atoms with Gasteiger partial charge in [0, 0.05) is 11.5 Å². The Kier molecular flexibility index (Phi) is 5.94. The van der Waals surface area contributed by atoms with Crippen LogP contribution in [0.4, 0.5) is 0 Å². The van der Waals surface area contributed by atoms with Gasteiger partial charge in [-0.15, -0.1) is 0 Å². The second-order valence-corrected chi connectivity index (χ2v) is 11.7. The Hall–Kier alpha value is 1.47. The Morgan fingerprint density at radius 3 is 2.20 bits per heavy atom. The standard InChI is InChI=1S/C3H7IO2S4/c4-2-1-3-10(5,6)9(7)8/h9H,1-3H2. The van der Waals surface area contributed by atoms with E-state index in [-0.39, 0.29) is 5.75 Å². The maximum absolute atomic E-state index is 10.9. The summed E-state index contributed by atoms with van der Waals surface area (Å²) >= 11 is 11.2. The van der Waals surface area contributed by atoms with Crippen molar-refractivity contribution in [3.8, 4) is 0 Å². The molecular formula is C3H7IO2S4. The summed E-state index contributed by atoms with van der Waals surface area (Å²) in [6, 6.07) is 0. The summed E-state index contributed by atoms with van der Waals surface area (Å²) in [6.07, 6.45) is 0.662. The minimum absolute atomic E-state index is 0.161. The van der Waals surface area contributed by atoms with Crippen molar-refractivity contribution in [1.82, 2.24) is 0 Å². The molecule has 7 heteroatoms. The minimum Gasteiger partial charge on any atom is -0.217 e. The predicted octanol–water partition coefficient (Wildman–Crippen LogP) is 0.416. The SMILES string of the molecule is O=S(=O)(CCCI)[SH](=S)=S. The van der Waals surface area contributed by atoms with E-state index in [0.29, 0.717) is 6.42 Å². The lowest BCUT2D eigenvalue weighted by Crippen LogP contribution is -2.05. The van der Waals surface area contributed by atoms with Crippen molar-refractivity contribution in [2.24, 2.45) is 0 Å². The van der Waals surface area contributed by atoms with Crippen LogP contribution in [0, 0.1) is 0 Å². The lowest BCUT2D eigenvalue weighted by Gasteiger charge is -1.94. The first-order chi connectivity index (χ1) is 4.50. The monoisotopic (exact) mass is 330 g/mol. The first kappa shape index (κ1) is 11.5. The second kappa shape index (κ2) is 5.18. The van der Waals surface area contributed by atoms with Gasteiger partial charge in [-0.3, -0.25) is 0 Å². The van der Waals surface area contributed by atoms with Gasteiger partial charge in [0.25, 0.3) is 0 Å². The maximum atomic E-state index is 10.9. The average Bonchev–Trinajstić information content (AvgIpc) is 1.84. The van der Waals surface area contributed by atoms with Gasteiger partial charge in [-0.25, -0.2) is 8.42 Å². The van der Waals surface area contributed by atoms with Crippen molar-refractivity contribution in [3.05, 3.63) is 0 Å². The second-order valence-electron chi connectivity index (χ2n) is 1.55. The van der Waals surface area contributed by atoms with Gasteiger partial charge in [0.15, 0.2) is 0 Å². The number of rotatable bonds is 4. The lowest BCUT2D eigenvalue weighted by molar-refractivity contribution is 0.609. The normalized spacial score (nSPS) is 12.2. The maximum Gasteiger partial charge on any atom is 0.205 e. The third kappa shape index (κ3) is 4.37. The minimum atomic E-state index is -3.07. The fourth-order valence-corrected chi connectivity index (χ4v) is 4.04. The quantitative estimate of drug-likeness (QED) is 0.351. The number of hydrogen-bond acceptors (Lipinski definition) is 4. The molecule has 0 amide bonds. The van der Waals surface area contributed by atoms with Gasteiger partial charge in [0.05, 0.1) is 5.75 Å². The molecule has 0 N–H and O–H groups in total. The summed E-state index contributed by atoms with van der Waals surface area (Å²) in [6.45, 7) is 0. The summed E-state index contributed by atoms with van der Waals surface area (Å²) in [5.74, 6) is 0.161. The predicted molar refractivity (Wildman–Crippen MR) is 60.8 cm³/mol. The first-order valence-electron chi connectivity index (χ1n) is 2.44. The van der Waals surface area contributed by atoms with Crippen LogP contribution in [0.3, 0.4) is 0 Å². The van der Waals surface area contributed by atoms with Crippen LogP contribution in [0.2, 0.25) is 0 Å². The fraction of sp³-hybridized carbons (Fsp3) is 1.00. The molecule has 0 bridgehead atoms. The van der Waals surface area contributed by atoms with Gasteiger partial charge in [-0.2, -0.15) is 0 Å². The van der Waals surface area contributed by atoms with Crippen molar-refractivity contribution in [3.63, 3.8) is 0 Å². The molecule has 0 heterocycles. The Labute approximate surface area is 85.1 Å². The molecule has 0 aromatic rings. The summed E-state index contributed by atoms with van der Waals surface area (Å²) in [5, 5.41) is 0. The van der Waals surface area contributed by atoms with Crippen molar-refractivity contribution >= 4 is 60.9 Å². The zero-order valence-electron chi connectivity index (χ0n) is 4.99. The number of alkyl halides is 1. The van der Waals surface area contributed by atoms with E-state index in [1.165, 1.54) is 0 Å². The van der Waals surface area contributed by atoms with Crippen molar-refractivity contribution < 1.29 is 8.42 Å². The molecule has 0 aromatic heterocycles. The lowest BCUT2D eigenvalue weighted by atomic mass is 10.6. The Morgan fingerprint density at radius 2 is 1.90 bits per heavy atom. The van der Waals surface area contributed by atoms with E-state index in [9.17, 15) is 8.42 Å². The fourth-order valence-electron chi connectivity index (χ4n) is 0.311. The summed E-state index contributed by atoms with van der Waals surface area (Å²) in [4.78, 5) is 0. The van der Waals surface area contributed by atoms with Crippen LogP contribution in [0.5, 0.6) is 0 Å². The van der Waals surface area contributed by atoms with Crippen LogP contribution in [0.1, 0.15) is 6.42 Å². The topological polar surface area (TPSA) is 34.1 Å². The summed E-state index contributed by atoms with van der Waals surface area (Å²) < 4.78 is 22.7. The Bertz CT molecular complexity index is 244. The van der Waals surface area contributed by atoms with Gasteiger partial charge in [0.1, 0.15) is 0 Å². The first-order valence-corrected chi connectivity index (χ1v) is 9.59.